The lowest BCUT2D eigenvalue weighted by Gasteiger charge is -2.21. The third kappa shape index (κ3) is 3.22. The van der Waals surface area contributed by atoms with Gasteiger partial charge in [0.25, 0.3) is 5.91 Å². The molecule has 1 aromatic rings. The summed E-state index contributed by atoms with van der Waals surface area (Å²) in [5.41, 5.74) is 4.28. The van der Waals surface area contributed by atoms with Crippen molar-refractivity contribution in [1.82, 2.24) is 5.32 Å². The SMILES string of the molecule is C/C=C1/CNC(=O)c2cccc(C)c21.CCCC. The van der Waals surface area contributed by atoms with Crippen LogP contribution in [-0.2, 0) is 0 Å². The molecule has 98 valence electrons. The van der Waals surface area contributed by atoms with Gasteiger partial charge < -0.3 is 5.32 Å². The lowest BCUT2D eigenvalue weighted by molar-refractivity contribution is 0.0955. The molecule has 1 N–H and O–H groups in total. The van der Waals surface area contributed by atoms with E-state index in [4.69, 9.17) is 0 Å². The van der Waals surface area contributed by atoms with Crippen LogP contribution in [0.25, 0.3) is 5.57 Å². The zero-order valence-electron chi connectivity index (χ0n) is 11.8. The van der Waals surface area contributed by atoms with Crippen molar-refractivity contribution in [3.8, 4) is 0 Å². The van der Waals surface area contributed by atoms with Crippen molar-refractivity contribution >= 4 is 11.5 Å². The van der Waals surface area contributed by atoms with Gasteiger partial charge in [0.05, 0.1) is 0 Å². The van der Waals surface area contributed by atoms with Crippen LogP contribution < -0.4 is 5.32 Å². The molecule has 0 spiro atoms. The average molecular weight is 245 g/mol. The molecule has 0 aliphatic carbocycles. The second-order valence-corrected chi connectivity index (χ2v) is 4.49. The zero-order valence-corrected chi connectivity index (χ0v) is 11.8. The van der Waals surface area contributed by atoms with Gasteiger partial charge in [-0.25, -0.2) is 0 Å². The molecule has 0 radical (unpaired) electrons. The summed E-state index contributed by atoms with van der Waals surface area (Å²) >= 11 is 0. The number of benzene rings is 1. The van der Waals surface area contributed by atoms with Crippen molar-refractivity contribution < 1.29 is 4.79 Å². The molecule has 0 aromatic heterocycles. The van der Waals surface area contributed by atoms with Gasteiger partial charge in [-0.2, -0.15) is 0 Å². The highest BCUT2D eigenvalue weighted by molar-refractivity contribution is 6.03. The minimum absolute atomic E-state index is 0.0364. The summed E-state index contributed by atoms with van der Waals surface area (Å²) in [5.74, 6) is 0.0364. The van der Waals surface area contributed by atoms with Crippen LogP contribution in [0.4, 0.5) is 0 Å². The quantitative estimate of drug-likeness (QED) is 0.797. The van der Waals surface area contributed by atoms with Crippen LogP contribution in [0.1, 0.15) is 55.1 Å². The van der Waals surface area contributed by atoms with E-state index in [9.17, 15) is 4.79 Å². The van der Waals surface area contributed by atoms with Gasteiger partial charge in [0.2, 0.25) is 0 Å². The third-order valence-corrected chi connectivity index (χ3v) is 3.13. The molecule has 0 saturated heterocycles. The van der Waals surface area contributed by atoms with E-state index < -0.39 is 0 Å². The van der Waals surface area contributed by atoms with E-state index >= 15 is 0 Å². The maximum absolute atomic E-state index is 11.6. The lowest BCUT2D eigenvalue weighted by Crippen LogP contribution is -2.31. The predicted octanol–water partition coefficient (Wildman–Crippen LogP) is 3.95. The molecule has 2 rings (SSSR count). The second-order valence-electron chi connectivity index (χ2n) is 4.49. The van der Waals surface area contributed by atoms with Crippen LogP contribution in [-0.4, -0.2) is 12.5 Å². The van der Waals surface area contributed by atoms with Crippen LogP contribution in [0.5, 0.6) is 0 Å². The van der Waals surface area contributed by atoms with Gasteiger partial charge in [0.1, 0.15) is 0 Å². The topological polar surface area (TPSA) is 29.1 Å². The van der Waals surface area contributed by atoms with Gasteiger partial charge in [-0.15, -0.1) is 0 Å². The van der Waals surface area contributed by atoms with Crippen molar-refractivity contribution in [2.75, 3.05) is 6.54 Å². The summed E-state index contributed by atoms with van der Waals surface area (Å²) in [6, 6.07) is 5.84. The monoisotopic (exact) mass is 245 g/mol. The normalized spacial score (nSPS) is 15.6. The standard InChI is InChI=1S/C12H13NO.C4H10/c1-3-9-7-13-12(14)10-6-4-5-8(2)11(9)10;1-3-4-2/h3-6H,7H2,1-2H3,(H,13,14);3-4H2,1-2H3/b9-3-;. The molecule has 1 aliphatic heterocycles. The fourth-order valence-electron chi connectivity index (χ4n) is 1.89. The van der Waals surface area contributed by atoms with Crippen LogP contribution >= 0.6 is 0 Å². The van der Waals surface area contributed by atoms with Gasteiger partial charge >= 0.3 is 0 Å². The summed E-state index contributed by atoms with van der Waals surface area (Å²) in [5, 5.41) is 2.86. The molecule has 18 heavy (non-hydrogen) atoms. The van der Waals surface area contributed by atoms with E-state index in [0.29, 0.717) is 6.54 Å². The number of hydrogen-bond donors (Lipinski definition) is 1. The Kier molecular flexibility index (Phi) is 5.63. The maximum Gasteiger partial charge on any atom is 0.252 e. The molecule has 1 heterocycles. The minimum Gasteiger partial charge on any atom is -0.348 e. The number of carbonyl (C=O) groups is 1. The Morgan fingerprint density at radius 2 is 1.94 bits per heavy atom. The van der Waals surface area contributed by atoms with E-state index in [1.165, 1.54) is 24.0 Å². The summed E-state index contributed by atoms with van der Waals surface area (Å²) < 4.78 is 0. The largest absolute Gasteiger partial charge is 0.348 e. The molecule has 0 bridgehead atoms. The van der Waals surface area contributed by atoms with E-state index in [-0.39, 0.29) is 5.91 Å². The number of hydrogen-bond acceptors (Lipinski definition) is 1. The number of amides is 1. The number of carbonyl (C=O) groups excluding carboxylic acids is 1. The molecule has 1 aromatic carbocycles. The van der Waals surface area contributed by atoms with Crippen molar-refractivity contribution in [1.29, 1.82) is 0 Å². The number of allylic oxidation sites excluding steroid dienone is 1. The van der Waals surface area contributed by atoms with Gasteiger partial charge in [-0.3, -0.25) is 4.79 Å². The molecule has 2 nitrogen and oxygen atoms in total. The van der Waals surface area contributed by atoms with E-state index in [0.717, 1.165) is 11.1 Å². The first-order chi connectivity index (χ1) is 8.65. The molecule has 2 heteroatoms. The fraction of sp³-hybridized carbons (Fsp3) is 0.438. The molecule has 1 aliphatic rings. The first-order valence-electron chi connectivity index (χ1n) is 6.69. The smallest absolute Gasteiger partial charge is 0.252 e. The predicted molar refractivity (Wildman–Crippen MR) is 77.7 cm³/mol. The fourth-order valence-corrected chi connectivity index (χ4v) is 1.89. The summed E-state index contributed by atoms with van der Waals surface area (Å²) in [7, 11) is 0. The number of unbranched alkanes of at least 4 members (excludes halogenated alkanes) is 1. The van der Waals surface area contributed by atoms with Crippen molar-refractivity contribution in [3.63, 3.8) is 0 Å². The van der Waals surface area contributed by atoms with Gasteiger partial charge in [0.15, 0.2) is 0 Å². The number of nitrogens with one attached hydrogen (secondary N) is 1. The van der Waals surface area contributed by atoms with E-state index in [1.807, 2.05) is 32.0 Å². The number of aryl methyl sites for hydroxylation is 1. The second kappa shape index (κ2) is 7.00. The molecular weight excluding hydrogens is 222 g/mol. The van der Waals surface area contributed by atoms with Crippen LogP contribution in [0.2, 0.25) is 0 Å². The Balaban J connectivity index is 0.000000357. The summed E-state index contributed by atoms with van der Waals surface area (Å²) in [6.45, 7) is 9.05. The Hall–Kier alpha value is -1.57. The van der Waals surface area contributed by atoms with Crippen molar-refractivity contribution in [2.45, 2.75) is 40.5 Å². The Morgan fingerprint density at radius 3 is 2.50 bits per heavy atom. The zero-order chi connectivity index (χ0) is 13.5. The Bertz CT molecular complexity index is 444. The Morgan fingerprint density at radius 1 is 1.28 bits per heavy atom. The molecule has 0 unspecified atom stereocenters. The Labute approximate surface area is 110 Å². The molecule has 0 saturated carbocycles. The van der Waals surface area contributed by atoms with Gasteiger partial charge in [-0.05, 0) is 36.6 Å². The first kappa shape index (κ1) is 14.5. The van der Waals surface area contributed by atoms with Crippen LogP contribution in [0.15, 0.2) is 24.3 Å². The number of fused-ring (bicyclic) bond motifs is 1. The first-order valence-corrected chi connectivity index (χ1v) is 6.69. The van der Waals surface area contributed by atoms with Crippen LogP contribution in [0, 0.1) is 6.92 Å². The highest BCUT2D eigenvalue weighted by Gasteiger charge is 2.20. The highest BCUT2D eigenvalue weighted by Crippen LogP contribution is 2.25. The molecular formula is C16H23NO. The molecule has 0 fully saturated rings. The molecule has 0 atom stereocenters. The van der Waals surface area contributed by atoms with Crippen molar-refractivity contribution in [3.05, 3.63) is 41.0 Å². The van der Waals surface area contributed by atoms with E-state index in [2.05, 4.69) is 25.2 Å². The average Bonchev–Trinajstić information content (AvgIpc) is 2.40. The lowest BCUT2D eigenvalue weighted by atomic mass is 9.91. The third-order valence-electron chi connectivity index (χ3n) is 3.13. The minimum atomic E-state index is 0.0364. The summed E-state index contributed by atoms with van der Waals surface area (Å²) in [4.78, 5) is 11.6. The number of rotatable bonds is 1. The van der Waals surface area contributed by atoms with Gasteiger partial charge in [-0.1, -0.05) is 44.9 Å². The maximum atomic E-state index is 11.6. The summed E-state index contributed by atoms with van der Waals surface area (Å²) in [6.07, 6.45) is 4.70. The van der Waals surface area contributed by atoms with Crippen LogP contribution in [0.3, 0.4) is 0 Å². The van der Waals surface area contributed by atoms with Crippen molar-refractivity contribution in [2.24, 2.45) is 0 Å². The van der Waals surface area contributed by atoms with E-state index in [1.54, 1.807) is 0 Å². The van der Waals surface area contributed by atoms with Gasteiger partial charge in [0, 0.05) is 12.1 Å². The highest BCUT2D eigenvalue weighted by atomic mass is 16.1. The molecule has 1 amide bonds.